The molecule has 2 aromatic rings. The zero-order valence-corrected chi connectivity index (χ0v) is 14.6. The molecule has 3 rings (SSSR count). The maximum atomic E-state index is 12.6. The molecule has 1 saturated heterocycles. The van der Waals surface area contributed by atoms with Crippen LogP contribution in [-0.2, 0) is 0 Å². The highest BCUT2D eigenvalue weighted by molar-refractivity contribution is 5.96. The van der Waals surface area contributed by atoms with Gasteiger partial charge < -0.3 is 15.1 Å². The molecule has 1 fully saturated rings. The number of amides is 1. The van der Waals surface area contributed by atoms with E-state index in [4.69, 9.17) is 4.42 Å². The normalized spacial score (nSPS) is 20.0. The topological polar surface area (TPSA) is 71.3 Å². The molecule has 0 bridgehead atoms. The van der Waals surface area contributed by atoms with Crippen molar-refractivity contribution in [1.29, 1.82) is 0 Å². The summed E-state index contributed by atoms with van der Waals surface area (Å²) in [6, 6.07) is 8.80. The molecule has 0 atom stereocenters. The van der Waals surface area contributed by atoms with Crippen LogP contribution in [0.2, 0.25) is 0 Å². The van der Waals surface area contributed by atoms with Gasteiger partial charge in [-0.3, -0.25) is 4.79 Å². The van der Waals surface area contributed by atoms with Crippen molar-refractivity contribution >= 4 is 16.9 Å². The number of rotatable bonds is 2. The second kappa shape index (κ2) is 5.74. The molecule has 24 heavy (non-hydrogen) atoms. The van der Waals surface area contributed by atoms with E-state index in [1.807, 2.05) is 12.1 Å². The average molecular weight is 328 g/mol. The molecule has 1 aliphatic rings. The molecule has 1 aromatic heterocycles. The van der Waals surface area contributed by atoms with Gasteiger partial charge in [0.05, 0.1) is 0 Å². The number of carbonyl (C=O) groups excluding carboxylic acids is 1. The van der Waals surface area contributed by atoms with E-state index in [-0.39, 0.29) is 28.6 Å². The second-order valence-corrected chi connectivity index (χ2v) is 7.96. The Morgan fingerprint density at radius 1 is 1.17 bits per heavy atom. The predicted octanol–water partition coefficient (Wildman–Crippen LogP) is 2.83. The molecular weight excluding hydrogens is 304 g/mol. The molecule has 2 N–H and O–H groups in total. The van der Waals surface area contributed by atoms with E-state index in [0.717, 1.165) is 18.2 Å². The van der Waals surface area contributed by atoms with Gasteiger partial charge in [0.1, 0.15) is 11.1 Å². The first-order valence-electron chi connectivity index (χ1n) is 8.28. The summed E-state index contributed by atoms with van der Waals surface area (Å²) >= 11 is 0. The Morgan fingerprint density at radius 2 is 1.79 bits per heavy atom. The largest absolute Gasteiger partial charge is 0.422 e. The summed E-state index contributed by atoms with van der Waals surface area (Å²) in [5.41, 5.74) is -0.203. The smallest absolute Gasteiger partial charge is 0.349 e. The van der Waals surface area contributed by atoms with Gasteiger partial charge in [-0.2, -0.15) is 0 Å². The average Bonchev–Trinajstić information content (AvgIpc) is 2.42. The lowest BCUT2D eigenvalue weighted by atomic mass is 9.79. The van der Waals surface area contributed by atoms with Crippen LogP contribution in [0.3, 0.4) is 0 Å². The van der Waals surface area contributed by atoms with Crippen molar-refractivity contribution in [1.82, 2.24) is 10.6 Å². The summed E-state index contributed by atoms with van der Waals surface area (Å²) in [6.07, 6.45) is 1.61. The van der Waals surface area contributed by atoms with Crippen molar-refractivity contribution in [3.63, 3.8) is 0 Å². The Kier molecular flexibility index (Phi) is 4.00. The molecule has 1 aliphatic heterocycles. The van der Waals surface area contributed by atoms with E-state index in [1.165, 1.54) is 0 Å². The molecule has 2 heterocycles. The monoisotopic (exact) mass is 328 g/mol. The molecule has 0 radical (unpaired) electrons. The third kappa shape index (κ3) is 3.51. The number of hydrogen-bond acceptors (Lipinski definition) is 4. The van der Waals surface area contributed by atoms with Crippen LogP contribution in [0.4, 0.5) is 0 Å². The van der Waals surface area contributed by atoms with Gasteiger partial charge in [0, 0.05) is 22.5 Å². The standard InChI is InChI=1S/C19H24N2O3/c1-18(2)10-13(11-19(3,4)21-18)20-16(22)14-9-12-7-5-6-8-15(12)24-17(14)23/h5-9,13,21H,10-11H2,1-4H3,(H,20,22). The summed E-state index contributed by atoms with van der Waals surface area (Å²) in [5, 5.41) is 7.34. The van der Waals surface area contributed by atoms with Gasteiger partial charge in [0.25, 0.3) is 5.91 Å². The van der Waals surface area contributed by atoms with Crippen LogP contribution in [0.1, 0.15) is 50.9 Å². The Hall–Kier alpha value is -2.14. The van der Waals surface area contributed by atoms with Crippen LogP contribution in [-0.4, -0.2) is 23.0 Å². The van der Waals surface area contributed by atoms with Crippen molar-refractivity contribution in [2.45, 2.75) is 57.7 Å². The van der Waals surface area contributed by atoms with Crippen LogP contribution < -0.4 is 16.3 Å². The van der Waals surface area contributed by atoms with Gasteiger partial charge in [0.2, 0.25) is 0 Å². The maximum Gasteiger partial charge on any atom is 0.349 e. The zero-order chi connectivity index (χ0) is 17.5. The number of nitrogens with one attached hydrogen (secondary N) is 2. The summed E-state index contributed by atoms with van der Waals surface area (Å²) in [4.78, 5) is 24.7. The minimum absolute atomic E-state index is 0.00891. The zero-order valence-electron chi connectivity index (χ0n) is 14.6. The van der Waals surface area contributed by atoms with Crippen molar-refractivity contribution in [3.05, 3.63) is 46.3 Å². The molecule has 0 aliphatic carbocycles. The fourth-order valence-corrected chi connectivity index (χ4v) is 3.91. The van der Waals surface area contributed by atoms with Gasteiger partial charge in [0.15, 0.2) is 0 Å². The summed E-state index contributed by atoms with van der Waals surface area (Å²) in [6.45, 7) is 8.49. The third-order valence-corrected chi connectivity index (χ3v) is 4.41. The molecule has 0 unspecified atom stereocenters. The molecule has 1 aromatic carbocycles. The van der Waals surface area contributed by atoms with E-state index < -0.39 is 5.63 Å². The fraction of sp³-hybridized carbons (Fsp3) is 0.474. The number of fused-ring (bicyclic) bond motifs is 1. The van der Waals surface area contributed by atoms with Crippen LogP contribution >= 0.6 is 0 Å². The minimum atomic E-state index is -0.598. The second-order valence-electron chi connectivity index (χ2n) is 7.96. The van der Waals surface area contributed by atoms with Crippen LogP contribution in [0.25, 0.3) is 11.0 Å². The lowest BCUT2D eigenvalue weighted by Gasteiger charge is -2.46. The Bertz CT molecular complexity index is 820. The highest BCUT2D eigenvalue weighted by Crippen LogP contribution is 2.28. The van der Waals surface area contributed by atoms with Crippen molar-refractivity contribution in [3.8, 4) is 0 Å². The number of benzene rings is 1. The van der Waals surface area contributed by atoms with E-state index in [2.05, 4.69) is 38.3 Å². The van der Waals surface area contributed by atoms with Crippen LogP contribution in [0.15, 0.2) is 39.5 Å². The van der Waals surface area contributed by atoms with Gasteiger partial charge in [-0.25, -0.2) is 4.79 Å². The summed E-state index contributed by atoms with van der Waals surface area (Å²) in [7, 11) is 0. The molecular formula is C19H24N2O3. The first-order chi connectivity index (χ1) is 11.2. The van der Waals surface area contributed by atoms with Crippen LogP contribution in [0.5, 0.6) is 0 Å². The predicted molar refractivity (Wildman–Crippen MR) is 94.3 cm³/mol. The number of piperidine rings is 1. The van der Waals surface area contributed by atoms with E-state index in [0.29, 0.717) is 5.58 Å². The molecule has 1 amide bonds. The number of carbonyl (C=O) groups is 1. The van der Waals surface area contributed by atoms with Crippen molar-refractivity contribution < 1.29 is 9.21 Å². The Morgan fingerprint density at radius 3 is 2.46 bits per heavy atom. The van der Waals surface area contributed by atoms with E-state index in [1.54, 1.807) is 18.2 Å². The summed E-state index contributed by atoms with van der Waals surface area (Å²) < 4.78 is 5.26. The highest BCUT2D eigenvalue weighted by Gasteiger charge is 2.38. The van der Waals surface area contributed by atoms with Gasteiger partial charge >= 0.3 is 5.63 Å². The summed E-state index contributed by atoms with van der Waals surface area (Å²) in [5.74, 6) is -0.368. The SMILES string of the molecule is CC1(C)CC(NC(=O)c2cc3ccccc3oc2=O)CC(C)(C)N1. The number of hydrogen-bond donors (Lipinski definition) is 2. The van der Waals surface area contributed by atoms with Gasteiger partial charge in [-0.1, -0.05) is 18.2 Å². The fourth-order valence-electron chi connectivity index (χ4n) is 3.91. The van der Waals surface area contributed by atoms with Crippen molar-refractivity contribution in [2.24, 2.45) is 0 Å². The van der Waals surface area contributed by atoms with E-state index >= 15 is 0 Å². The first-order valence-corrected chi connectivity index (χ1v) is 8.28. The van der Waals surface area contributed by atoms with Crippen LogP contribution in [0, 0.1) is 0 Å². The quantitative estimate of drug-likeness (QED) is 0.832. The maximum absolute atomic E-state index is 12.6. The number of para-hydroxylation sites is 1. The molecule has 0 saturated carbocycles. The molecule has 5 nitrogen and oxygen atoms in total. The van der Waals surface area contributed by atoms with E-state index in [9.17, 15) is 9.59 Å². The van der Waals surface area contributed by atoms with Gasteiger partial charge in [-0.05, 0) is 52.7 Å². The van der Waals surface area contributed by atoms with Crippen molar-refractivity contribution in [2.75, 3.05) is 0 Å². The molecule has 5 heteroatoms. The first kappa shape index (κ1) is 16.7. The third-order valence-electron chi connectivity index (χ3n) is 4.41. The Balaban J connectivity index is 1.85. The van der Waals surface area contributed by atoms with Gasteiger partial charge in [-0.15, -0.1) is 0 Å². The minimum Gasteiger partial charge on any atom is -0.422 e. The Labute approximate surface area is 141 Å². The molecule has 128 valence electrons. The lowest BCUT2D eigenvalue weighted by Crippen LogP contribution is -2.62. The molecule has 0 spiro atoms. The lowest BCUT2D eigenvalue weighted by molar-refractivity contribution is 0.0870. The highest BCUT2D eigenvalue weighted by atomic mass is 16.4.